The van der Waals surface area contributed by atoms with Gasteiger partial charge in [0.05, 0.1) is 24.4 Å². The standard InChI is InChI=1S/C29H25N5O2/c1-18-8-12-20(13-9-18)23-16-24(21-14-10-19(2)11-15-21)31-27-26(23)28(35)33-29(32-27)34-30-17-22-6-4-5-7-25(22)36-3/h4-17H,1-3H3,(H2,31,32,33,34,35)/b30-17+. The molecule has 0 radical (unpaired) electrons. The molecular weight excluding hydrogens is 450 g/mol. The van der Waals surface area contributed by atoms with Crippen LogP contribution in [0, 0.1) is 13.8 Å². The summed E-state index contributed by atoms with van der Waals surface area (Å²) in [5, 5.41) is 4.66. The van der Waals surface area contributed by atoms with Crippen molar-refractivity contribution < 1.29 is 4.74 Å². The number of benzene rings is 3. The summed E-state index contributed by atoms with van der Waals surface area (Å²) < 4.78 is 5.35. The molecule has 0 atom stereocenters. The fourth-order valence-corrected chi connectivity index (χ4v) is 3.96. The molecule has 5 aromatic rings. The maximum atomic E-state index is 13.2. The van der Waals surface area contributed by atoms with E-state index in [9.17, 15) is 4.79 Å². The number of para-hydroxylation sites is 1. The summed E-state index contributed by atoms with van der Waals surface area (Å²) in [6, 6.07) is 25.6. The van der Waals surface area contributed by atoms with Crippen LogP contribution in [0.3, 0.4) is 0 Å². The number of fused-ring (bicyclic) bond motifs is 1. The van der Waals surface area contributed by atoms with Crippen LogP contribution < -0.4 is 15.7 Å². The van der Waals surface area contributed by atoms with E-state index in [1.54, 1.807) is 13.3 Å². The van der Waals surface area contributed by atoms with Crippen LogP contribution in [0.4, 0.5) is 5.95 Å². The smallest absolute Gasteiger partial charge is 0.262 e. The fourth-order valence-electron chi connectivity index (χ4n) is 3.96. The zero-order chi connectivity index (χ0) is 25.1. The molecule has 0 aliphatic rings. The first kappa shape index (κ1) is 23.0. The van der Waals surface area contributed by atoms with Crippen LogP contribution in [0.5, 0.6) is 5.75 Å². The lowest BCUT2D eigenvalue weighted by atomic mass is 9.99. The Bertz CT molecular complexity index is 1620. The van der Waals surface area contributed by atoms with Crippen LogP contribution >= 0.6 is 0 Å². The second-order valence-electron chi connectivity index (χ2n) is 8.51. The molecule has 2 aromatic heterocycles. The minimum Gasteiger partial charge on any atom is -0.496 e. The summed E-state index contributed by atoms with van der Waals surface area (Å²) in [7, 11) is 1.60. The van der Waals surface area contributed by atoms with E-state index in [-0.39, 0.29) is 11.5 Å². The second kappa shape index (κ2) is 9.84. The van der Waals surface area contributed by atoms with E-state index < -0.39 is 0 Å². The largest absolute Gasteiger partial charge is 0.496 e. The lowest BCUT2D eigenvalue weighted by Gasteiger charge is -2.11. The first-order valence-corrected chi connectivity index (χ1v) is 11.5. The van der Waals surface area contributed by atoms with Gasteiger partial charge >= 0.3 is 0 Å². The number of aryl methyl sites for hydroxylation is 2. The van der Waals surface area contributed by atoms with E-state index in [1.165, 1.54) is 0 Å². The minimum atomic E-state index is -0.298. The number of anilines is 1. The molecule has 0 saturated heterocycles. The van der Waals surface area contributed by atoms with Crippen molar-refractivity contribution in [3.8, 4) is 28.1 Å². The van der Waals surface area contributed by atoms with E-state index in [0.717, 1.165) is 39.1 Å². The number of hydrazone groups is 1. The van der Waals surface area contributed by atoms with Gasteiger partial charge in [-0.05, 0) is 37.6 Å². The van der Waals surface area contributed by atoms with E-state index in [0.29, 0.717) is 16.8 Å². The molecule has 36 heavy (non-hydrogen) atoms. The number of aromatic nitrogens is 3. The highest BCUT2D eigenvalue weighted by Crippen LogP contribution is 2.30. The molecule has 178 valence electrons. The van der Waals surface area contributed by atoms with Gasteiger partial charge in [-0.25, -0.2) is 10.4 Å². The number of nitrogens with zero attached hydrogens (tertiary/aromatic N) is 3. The van der Waals surface area contributed by atoms with Crippen LogP contribution in [0.2, 0.25) is 0 Å². The number of hydrogen-bond acceptors (Lipinski definition) is 6. The second-order valence-corrected chi connectivity index (χ2v) is 8.51. The lowest BCUT2D eigenvalue weighted by molar-refractivity contribution is 0.414. The third-order valence-corrected chi connectivity index (χ3v) is 5.90. The Balaban J connectivity index is 1.61. The van der Waals surface area contributed by atoms with E-state index in [4.69, 9.17) is 9.72 Å². The molecule has 7 nitrogen and oxygen atoms in total. The Morgan fingerprint density at radius 1 is 0.889 bits per heavy atom. The molecule has 2 heterocycles. The Morgan fingerprint density at radius 3 is 2.25 bits per heavy atom. The van der Waals surface area contributed by atoms with Gasteiger partial charge in [0.1, 0.15) is 5.75 Å². The highest BCUT2D eigenvalue weighted by atomic mass is 16.5. The summed E-state index contributed by atoms with van der Waals surface area (Å²) >= 11 is 0. The number of rotatable bonds is 6. The number of hydrogen-bond donors (Lipinski definition) is 2. The predicted molar refractivity (Wildman–Crippen MR) is 145 cm³/mol. The van der Waals surface area contributed by atoms with Crippen molar-refractivity contribution in [3.05, 3.63) is 106 Å². The van der Waals surface area contributed by atoms with Crippen molar-refractivity contribution in [1.82, 2.24) is 15.0 Å². The first-order chi connectivity index (χ1) is 17.5. The van der Waals surface area contributed by atoms with Crippen molar-refractivity contribution >= 4 is 23.2 Å². The van der Waals surface area contributed by atoms with E-state index in [2.05, 4.69) is 20.5 Å². The molecule has 0 amide bonds. The fraction of sp³-hybridized carbons (Fsp3) is 0.103. The Hall–Kier alpha value is -4.78. The Labute approximate surface area is 208 Å². The van der Waals surface area contributed by atoms with Crippen molar-refractivity contribution in [3.63, 3.8) is 0 Å². The highest BCUT2D eigenvalue weighted by molar-refractivity contribution is 5.95. The van der Waals surface area contributed by atoms with Crippen LogP contribution in [0.1, 0.15) is 16.7 Å². The van der Waals surface area contributed by atoms with Crippen LogP contribution in [-0.2, 0) is 0 Å². The van der Waals surface area contributed by atoms with Gasteiger partial charge in [-0.1, -0.05) is 71.8 Å². The van der Waals surface area contributed by atoms with Gasteiger partial charge in [-0.3, -0.25) is 9.78 Å². The Morgan fingerprint density at radius 2 is 1.56 bits per heavy atom. The number of ether oxygens (including phenoxy) is 1. The van der Waals surface area contributed by atoms with E-state index >= 15 is 0 Å². The number of methoxy groups -OCH3 is 1. The van der Waals surface area contributed by atoms with Crippen LogP contribution in [0.15, 0.2) is 88.8 Å². The third kappa shape index (κ3) is 4.72. The first-order valence-electron chi connectivity index (χ1n) is 11.5. The number of pyridine rings is 1. The molecule has 0 aliphatic heterocycles. The average molecular weight is 476 g/mol. The van der Waals surface area contributed by atoms with Gasteiger partial charge in [-0.2, -0.15) is 10.1 Å². The third-order valence-electron chi connectivity index (χ3n) is 5.90. The van der Waals surface area contributed by atoms with Crippen LogP contribution in [0.25, 0.3) is 33.4 Å². The van der Waals surface area contributed by atoms with Gasteiger partial charge in [0.2, 0.25) is 5.95 Å². The van der Waals surface area contributed by atoms with Gasteiger partial charge in [0.15, 0.2) is 5.65 Å². The summed E-state index contributed by atoms with van der Waals surface area (Å²) in [5.74, 6) is 0.886. The molecule has 2 N–H and O–H groups in total. The number of nitrogens with one attached hydrogen (secondary N) is 2. The van der Waals surface area contributed by atoms with Crippen molar-refractivity contribution in [2.75, 3.05) is 12.5 Å². The van der Waals surface area contributed by atoms with Gasteiger partial charge < -0.3 is 4.74 Å². The lowest BCUT2D eigenvalue weighted by Crippen LogP contribution is -2.13. The van der Waals surface area contributed by atoms with Gasteiger partial charge in [0.25, 0.3) is 5.56 Å². The maximum Gasteiger partial charge on any atom is 0.262 e. The molecule has 0 aliphatic carbocycles. The zero-order valence-electron chi connectivity index (χ0n) is 20.2. The molecule has 3 aromatic carbocycles. The summed E-state index contributed by atoms with van der Waals surface area (Å²) in [4.78, 5) is 25.4. The number of aromatic amines is 1. The summed E-state index contributed by atoms with van der Waals surface area (Å²) in [6.07, 6.45) is 1.61. The molecule has 0 spiro atoms. The van der Waals surface area contributed by atoms with Crippen molar-refractivity contribution in [2.24, 2.45) is 5.10 Å². The van der Waals surface area contributed by atoms with Crippen LogP contribution in [-0.4, -0.2) is 28.3 Å². The predicted octanol–water partition coefficient (Wildman–Crippen LogP) is 5.72. The molecule has 0 saturated carbocycles. The van der Waals surface area contributed by atoms with Crippen molar-refractivity contribution in [1.29, 1.82) is 0 Å². The highest BCUT2D eigenvalue weighted by Gasteiger charge is 2.15. The zero-order valence-corrected chi connectivity index (χ0v) is 20.2. The summed E-state index contributed by atoms with van der Waals surface area (Å²) in [6.45, 7) is 4.07. The molecule has 0 bridgehead atoms. The molecule has 0 unspecified atom stereocenters. The molecule has 5 rings (SSSR count). The molecular formula is C29H25N5O2. The quantitative estimate of drug-likeness (QED) is 0.242. The molecule has 0 fully saturated rings. The van der Waals surface area contributed by atoms with Crippen molar-refractivity contribution in [2.45, 2.75) is 13.8 Å². The average Bonchev–Trinajstić information content (AvgIpc) is 2.89. The topological polar surface area (TPSA) is 92.3 Å². The maximum absolute atomic E-state index is 13.2. The van der Waals surface area contributed by atoms with Gasteiger partial charge in [-0.15, -0.1) is 0 Å². The number of H-pyrrole nitrogens is 1. The van der Waals surface area contributed by atoms with Gasteiger partial charge in [0, 0.05) is 16.7 Å². The normalized spacial score (nSPS) is 11.2. The SMILES string of the molecule is COc1ccccc1/C=N/Nc1nc2nc(-c3ccc(C)cc3)cc(-c3ccc(C)cc3)c2c(=O)[nH]1. The summed E-state index contributed by atoms with van der Waals surface area (Å²) in [5.41, 5.74) is 9.32. The van der Waals surface area contributed by atoms with E-state index in [1.807, 2.05) is 92.7 Å². The Kier molecular flexibility index (Phi) is 6.28. The minimum absolute atomic E-state index is 0.196. The monoisotopic (exact) mass is 475 g/mol. The molecule has 7 heteroatoms.